The van der Waals surface area contributed by atoms with Crippen LogP contribution in [0.5, 0.6) is 5.75 Å². The minimum Gasteiger partial charge on any atom is -0.408 e. The predicted molar refractivity (Wildman–Crippen MR) is 68.1 cm³/mol. The normalized spacial score (nSPS) is 10.2. The van der Waals surface area contributed by atoms with Crippen LogP contribution in [0, 0.1) is 10.1 Å². The maximum Gasteiger partial charge on any atom is 0.414 e. The Morgan fingerprint density at radius 3 is 2.74 bits per heavy atom. The molecule has 1 amide bonds. The summed E-state index contributed by atoms with van der Waals surface area (Å²) in [5, 5.41) is 11.2. The Balaban J connectivity index is 2.56. The molecule has 0 aliphatic rings. The Morgan fingerprint density at radius 2 is 2.11 bits per heavy atom. The third kappa shape index (κ3) is 2.44. The second-order valence-electron chi connectivity index (χ2n) is 4.00. The van der Waals surface area contributed by atoms with Crippen molar-refractivity contribution in [2.24, 2.45) is 0 Å². The van der Waals surface area contributed by atoms with Crippen molar-refractivity contribution in [2.45, 2.75) is 0 Å². The van der Waals surface area contributed by atoms with Crippen molar-refractivity contribution in [3.8, 4) is 5.75 Å². The summed E-state index contributed by atoms with van der Waals surface area (Å²) in [5.74, 6) is 0.194. The van der Waals surface area contributed by atoms with Crippen LogP contribution in [0.1, 0.15) is 0 Å². The molecule has 0 spiro atoms. The fraction of sp³-hybridized carbons (Fsp3) is 0.167. The van der Waals surface area contributed by atoms with Crippen LogP contribution >= 0.6 is 0 Å². The first-order valence-electron chi connectivity index (χ1n) is 5.42. The van der Waals surface area contributed by atoms with Crippen LogP contribution in [0.15, 0.2) is 30.5 Å². The number of rotatable bonds is 2. The van der Waals surface area contributed by atoms with E-state index < -0.39 is 11.0 Å². The molecule has 1 aromatic heterocycles. The van der Waals surface area contributed by atoms with E-state index in [1.54, 1.807) is 26.2 Å². The van der Waals surface area contributed by atoms with Crippen LogP contribution in [0.25, 0.3) is 10.9 Å². The predicted octanol–water partition coefficient (Wildman–Crippen LogP) is 2.20. The van der Waals surface area contributed by atoms with Crippen molar-refractivity contribution in [3.63, 3.8) is 0 Å². The standard InChI is InChI=1S/C12H11N3O4/c1-14(2)12(16)19-10-6-5-9(15(17)18)8-4-3-7-13-11(8)10/h3-7H,1-2H3. The summed E-state index contributed by atoms with van der Waals surface area (Å²) in [7, 11) is 3.09. The Hall–Kier alpha value is -2.70. The van der Waals surface area contributed by atoms with Gasteiger partial charge in [-0.2, -0.15) is 0 Å². The molecule has 0 unspecified atom stereocenters. The number of amides is 1. The van der Waals surface area contributed by atoms with Gasteiger partial charge in [-0.25, -0.2) is 4.79 Å². The smallest absolute Gasteiger partial charge is 0.408 e. The minimum absolute atomic E-state index is 0.0762. The number of hydrogen-bond donors (Lipinski definition) is 0. The number of aromatic nitrogens is 1. The van der Waals surface area contributed by atoms with E-state index in [1.807, 2.05) is 0 Å². The molecule has 2 rings (SSSR count). The fourth-order valence-electron chi connectivity index (χ4n) is 1.56. The van der Waals surface area contributed by atoms with Gasteiger partial charge in [-0.1, -0.05) is 0 Å². The Kier molecular flexibility index (Phi) is 3.28. The van der Waals surface area contributed by atoms with Crippen LogP contribution in [-0.4, -0.2) is 35.0 Å². The summed E-state index contributed by atoms with van der Waals surface area (Å²) in [6.45, 7) is 0. The summed E-state index contributed by atoms with van der Waals surface area (Å²) in [6.07, 6.45) is 0.916. The summed E-state index contributed by atoms with van der Waals surface area (Å²) in [5.41, 5.74) is 0.208. The zero-order valence-electron chi connectivity index (χ0n) is 10.4. The molecule has 0 fully saturated rings. The fourth-order valence-corrected chi connectivity index (χ4v) is 1.56. The van der Waals surface area contributed by atoms with Crippen molar-refractivity contribution in [1.82, 2.24) is 9.88 Å². The highest BCUT2D eigenvalue weighted by Gasteiger charge is 2.17. The molecular weight excluding hydrogens is 250 g/mol. The lowest BCUT2D eigenvalue weighted by atomic mass is 10.1. The third-order valence-corrected chi connectivity index (χ3v) is 2.47. The highest BCUT2D eigenvalue weighted by Crippen LogP contribution is 2.31. The first-order chi connectivity index (χ1) is 9.00. The monoisotopic (exact) mass is 261 g/mol. The lowest BCUT2D eigenvalue weighted by molar-refractivity contribution is -0.383. The van der Waals surface area contributed by atoms with E-state index in [-0.39, 0.29) is 17.0 Å². The van der Waals surface area contributed by atoms with E-state index in [2.05, 4.69) is 4.98 Å². The van der Waals surface area contributed by atoms with Gasteiger partial charge in [0.2, 0.25) is 0 Å². The molecule has 0 N–H and O–H groups in total. The van der Waals surface area contributed by atoms with Gasteiger partial charge in [0.25, 0.3) is 5.69 Å². The van der Waals surface area contributed by atoms with E-state index >= 15 is 0 Å². The molecule has 7 heteroatoms. The lowest BCUT2D eigenvalue weighted by Crippen LogP contribution is -2.25. The van der Waals surface area contributed by atoms with E-state index in [9.17, 15) is 14.9 Å². The molecule has 0 aliphatic carbocycles. The van der Waals surface area contributed by atoms with Gasteiger partial charge in [-0.3, -0.25) is 15.1 Å². The maximum atomic E-state index is 11.5. The number of hydrogen-bond acceptors (Lipinski definition) is 5. The molecule has 0 bridgehead atoms. The molecule has 19 heavy (non-hydrogen) atoms. The van der Waals surface area contributed by atoms with Crippen molar-refractivity contribution in [1.29, 1.82) is 0 Å². The number of nitro groups is 1. The zero-order valence-corrected chi connectivity index (χ0v) is 10.4. The van der Waals surface area contributed by atoms with Crippen molar-refractivity contribution < 1.29 is 14.5 Å². The minimum atomic E-state index is -0.569. The second-order valence-corrected chi connectivity index (χ2v) is 4.00. The average molecular weight is 261 g/mol. The van der Waals surface area contributed by atoms with E-state index in [0.717, 1.165) is 0 Å². The molecule has 7 nitrogen and oxygen atoms in total. The van der Waals surface area contributed by atoms with E-state index in [4.69, 9.17) is 4.74 Å². The number of benzene rings is 1. The van der Waals surface area contributed by atoms with Gasteiger partial charge in [0, 0.05) is 26.4 Å². The summed E-state index contributed by atoms with van der Waals surface area (Å²) in [4.78, 5) is 27.2. The van der Waals surface area contributed by atoms with Crippen molar-refractivity contribution in [3.05, 3.63) is 40.6 Å². The summed E-state index contributed by atoms with van der Waals surface area (Å²) in [6, 6.07) is 5.82. The number of pyridine rings is 1. The quantitative estimate of drug-likeness (QED) is 0.611. The lowest BCUT2D eigenvalue weighted by Gasteiger charge is -2.11. The van der Waals surface area contributed by atoms with Gasteiger partial charge >= 0.3 is 6.09 Å². The third-order valence-electron chi connectivity index (χ3n) is 2.47. The van der Waals surface area contributed by atoms with E-state index in [1.165, 1.54) is 23.2 Å². The molecule has 1 heterocycles. The molecule has 98 valence electrons. The van der Waals surface area contributed by atoms with Crippen LogP contribution in [-0.2, 0) is 0 Å². The molecular formula is C12H11N3O4. The van der Waals surface area contributed by atoms with E-state index in [0.29, 0.717) is 5.39 Å². The topological polar surface area (TPSA) is 85.6 Å². The van der Waals surface area contributed by atoms with Crippen molar-refractivity contribution >= 4 is 22.7 Å². The average Bonchev–Trinajstić information content (AvgIpc) is 2.38. The molecule has 1 aromatic carbocycles. The van der Waals surface area contributed by atoms with Crippen LogP contribution in [0.2, 0.25) is 0 Å². The largest absolute Gasteiger partial charge is 0.414 e. The van der Waals surface area contributed by atoms with Gasteiger partial charge < -0.3 is 9.64 Å². The first kappa shape index (κ1) is 12.7. The van der Waals surface area contributed by atoms with Crippen LogP contribution < -0.4 is 4.74 Å². The van der Waals surface area contributed by atoms with Crippen LogP contribution in [0.3, 0.4) is 0 Å². The number of ether oxygens (including phenoxy) is 1. The van der Waals surface area contributed by atoms with Crippen molar-refractivity contribution in [2.75, 3.05) is 14.1 Å². The number of carbonyl (C=O) groups excluding carboxylic acids is 1. The Morgan fingerprint density at radius 1 is 1.37 bits per heavy atom. The van der Waals surface area contributed by atoms with Gasteiger partial charge in [-0.05, 0) is 18.2 Å². The van der Waals surface area contributed by atoms with Gasteiger partial charge in [0.05, 0.1) is 10.3 Å². The molecule has 0 radical (unpaired) electrons. The number of nitro benzene ring substituents is 1. The SMILES string of the molecule is CN(C)C(=O)Oc1ccc([N+](=O)[O-])c2cccnc12. The Labute approximate surface area is 108 Å². The maximum absolute atomic E-state index is 11.5. The molecule has 0 aliphatic heterocycles. The van der Waals surface area contributed by atoms with Crippen LogP contribution in [0.4, 0.5) is 10.5 Å². The number of nitrogens with zero attached hydrogens (tertiary/aromatic N) is 3. The zero-order chi connectivity index (χ0) is 14.0. The highest BCUT2D eigenvalue weighted by molar-refractivity contribution is 5.93. The number of fused-ring (bicyclic) bond motifs is 1. The Bertz CT molecular complexity index is 654. The first-order valence-corrected chi connectivity index (χ1v) is 5.42. The summed E-state index contributed by atoms with van der Waals surface area (Å²) >= 11 is 0. The van der Waals surface area contributed by atoms with Gasteiger partial charge in [0.15, 0.2) is 5.75 Å². The van der Waals surface area contributed by atoms with Gasteiger partial charge in [-0.15, -0.1) is 0 Å². The summed E-state index contributed by atoms with van der Waals surface area (Å²) < 4.78 is 5.13. The van der Waals surface area contributed by atoms with Gasteiger partial charge in [0.1, 0.15) is 5.52 Å². The molecule has 0 atom stereocenters. The molecule has 0 saturated carbocycles. The number of non-ortho nitro benzene ring substituents is 1. The molecule has 2 aromatic rings. The second kappa shape index (κ2) is 4.89. The number of carbonyl (C=O) groups is 1. The highest BCUT2D eigenvalue weighted by atomic mass is 16.6. The molecule has 0 saturated heterocycles.